The van der Waals surface area contributed by atoms with Crippen molar-refractivity contribution in [2.24, 2.45) is 0 Å². The van der Waals surface area contributed by atoms with Gasteiger partial charge in [0.2, 0.25) is 11.1 Å². The number of aromatic nitrogens is 3. The smallest absolute Gasteiger partial charge is 0.233 e. The zero-order chi connectivity index (χ0) is 17.9. The van der Waals surface area contributed by atoms with Crippen molar-refractivity contribution in [2.75, 3.05) is 0 Å². The molecule has 0 radical (unpaired) electrons. The van der Waals surface area contributed by atoms with Crippen LogP contribution in [0.3, 0.4) is 0 Å². The summed E-state index contributed by atoms with van der Waals surface area (Å²) < 4.78 is 1.99. The Kier molecular flexibility index (Phi) is 5.29. The second kappa shape index (κ2) is 7.82. The Labute approximate surface area is 159 Å². The molecule has 1 N–H and O–H groups in total. The van der Waals surface area contributed by atoms with Crippen molar-refractivity contribution in [3.63, 3.8) is 0 Å². The van der Waals surface area contributed by atoms with Gasteiger partial charge >= 0.3 is 0 Å². The maximum absolute atomic E-state index is 12.3. The molecule has 6 heteroatoms. The van der Waals surface area contributed by atoms with Gasteiger partial charge in [-0.05, 0) is 44.7 Å². The van der Waals surface area contributed by atoms with Gasteiger partial charge in [-0.1, -0.05) is 49.2 Å². The number of benzene rings is 1. The van der Waals surface area contributed by atoms with Crippen LogP contribution in [0.5, 0.6) is 0 Å². The highest BCUT2D eigenvalue weighted by Gasteiger charge is 2.28. The molecule has 0 bridgehead atoms. The van der Waals surface area contributed by atoms with Crippen LogP contribution < -0.4 is 5.32 Å². The molecule has 2 fully saturated rings. The topological polar surface area (TPSA) is 59.8 Å². The molecule has 1 aromatic carbocycles. The van der Waals surface area contributed by atoms with Gasteiger partial charge in [0.1, 0.15) is 5.82 Å². The predicted molar refractivity (Wildman–Crippen MR) is 104 cm³/mol. The van der Waals surface area contributed by atoms with Crippen molar-refractivity contribution < 1.29 is 4.79 Å². The van der Waals surface area contributed by atoms with Gasteiger partial charge in [0.05, 0.1) is 10.9 Å². The van der Waals surface area contributed by atoms with E-state index in [-0.39, 0.29) is 11.2 Å². The summed E-state index contributed by atoms with van der Waals surface area (Å²) in [6.45, 7) is 1.94. The number of rotatable bonds is 6. The van der Waals surface area contributed by atoms with Crippen LogP contribution in [0.2, 0.25) is 0 Å². The van der Waals surface area contributed by atoms with Gasteiger partial charge in [-0.2, -0.15) is 0 Å². The van der Waals surface area contributed by atoms with Gasteiger partial charge in [-0.3, -0.25) is 4.79 Å². The van der Waals surface area contributed by atoms with Crippen LogP contribution in [0.4, 0.5) is 0 Å². The minimum atomic E-state index is -0.179. The number of nitrogens with one attached hydrogen (secondary N) is 1. The van der Waals surface area contributed by atoms with E-state index in [1.54, 1.807) is 0 Å². The summed E-state index contributed by atoms with van der Waals surface area (Å²) in [4.78, 5) is 17.1. The van der Waals surface area contributed by atoms with Crippen LogP contribution in [0, 0.1) is 0 Å². The second-order valence-electron chi connectivity index (χ2n) is 7.38. The quantitative estimate of drug-likeness (QED) is 0.779. The van der Waals surface area contributed by atoms with E-state index >= 15 is 0 Å². The van der Waals surface area contributed by atoms with Gasteiger partial charge in [-0.15, -0.1) is 5.10 Å². The Hall–Kier alpha value is -1.82. The minimum absolute atomic E-state index is 0.0905. The molecule has 2 saturated carbocycles. The van der Waals surface area contributed by atoms with E-state index in [1.165, 1.54) is 43.9 Å². The van der Waals surface area contributed by atoms with Gasteiger partial charge in [-0.25, -0.2) is 9.67 Å². The summed E-state index contributed by atoms with van der Waals surface area (Å²) in [6, 6.07) is 10.6. The van der Waals surface area contributed by atoms with Gasteiger partial charge < -0.3 is 5.32 Å². The summed E-state index contributed by atoms with van der Waals surface area (Å²) in [5.74, 6) is 1.60. The Morgan fingerprint density at radius 1 is 1.15 bits per heavy atom. The maximum Gasteiger partial charge on any atom is 0.233 e. The van der Waals surface area contributed by atoms with E-state index in [2.05, 4.69) is 17.4 Å². The number of para-hydroxylation sites is 1. The molecule has 0 spiro atoms. The molecule has 2 aliphatic rings. The molecule has 1 amide bonds. The summed E-state index contributed by atoms with van der Waals surface area (Å²) in [5.41, 5.74) is 1.04. The first-order valence-corrected chi connectivity index (χ1v) is 10.6. The number of carbonyl (C=O) groups is 1. The second-order valence-corrected chi connectivity index (χ2v) is 8.69. The molecule has 26 heavy (non-hydrogen) atoms. The van der Waals surface area contributed by atoms with Crippen LogP contribution in [-0.2, 0) is 4.79 Å². The lowest BCUT2D eigenvalue weighted by Gasteiger charge is -2.21. The van der Waals surface area contributed by atoms with E-state index < -0.39 is 0 Å². The van der Waals surface area contributed by atoms with Crippen LogP contribution in [-0.4, -0.2) is 32.0 Å². The fourth-order valence-electron chi connectivity index (χ4n) is 3.50. The monoisotopic (exact) mass is 370 g/mol. The number of hydrogen-bond acceptors (Lipinski definition) is 4. The molecule has 0 saturated heterocycles. The molecule has 138 valence electrons. The highest BCUT2D eigenvalue weighted by molar-refractivity contribution is 8.00. The Balaban J connectivity index is 1.56. The van der Waals surface area contributed by atoms with Crippen molar-refractivity contribution in [3.05, 3.63) is 36.2 Å². The summed E-state index contributed by atoms with van der Waals surface area (Å²) in [7, 11) is 0. The predicted octanol–water partition coefficient (Wildman–Crippen LogP) is 4.07. The lowest BCUT2D eigenvalue weighted by Crippen LogP contribution is -2.32. The molecule has 1 heterocycles. The number of hydrogen-bond donors (Lipinski definition) is 1. The molecule has 1 atom stereocenters. The van der Waals surface area contributed by atoms with E-state index in [1.807, 2.05) is 29.8 Å². The molecule has 0 aliphatic heterocycles. The van der Waals surface area contributed by atoms with Gasteiger partial charge in [0, 0.05) is 12.0 Å². The average molecular weight is 371 g/mol. The van der Waals surface area contributed by atoms with E-state index in [0.29, 0.717) is 17.1 Å². The first kappa shape index (κ1) is 17.6. The van der Waals surface area contributed by atoms with E-state index in [9.17, 15) is 4.79 Å². The molecule has 4 rings (SSSR count). The Morgan fingerprint density at radius 3 is 2.58 bits per heavy atom. The highest BCUT2D eigenvalue weighted by atomic mass is 32.2. The standard InChI is InChI=1S/C20H26N4OS/c1-14(19(25)21-16-12-13-16)26-20-22-18(15-8-4-2-5-9-15)24(23-20)17-10-6-3-7-11-17/h3,6-7,10-11,14-16H,2,4-5,8-9,12-13H2,1H3,(H,21,25). The highest BCUT2D eigenvalue weighted by Crippen LogP contribution is 2.34. The average Bonchev–Trinajstić information content (AvgIpc) is 3.39. The minimum Gasteiger partial charge on any atom is -0.352 e. The molecule has 2 aromatic rings. The summed E-state index contributed by atoms with van der Waals surface area (Å²) in [6.07, 6.45) is 8.40. The van der Waals surface area contributed by atoms with Gasteiger partial charge in [0.25, 0.3) is 0 Å². The number of amides is 1. The zero-order valence-corrected chi connectivity index (χ0v) is 16.0. The molecular weight excluding hydrogens is 344 g/mol. The molecule has 1 aromatic heterocycles. The summed E-state index contributed by atoms with van der Waals surface area (Å²) >= 11 is 1.46. The third-order valence-corrected chi connectivity index (χ3v) is 6.11. The SMILES string of the molecule is CC(Sc1nc(C2CCCCC2)n(-c2ccccc2)n1)C(=O)NC1CC1. The molecular formula is C20H26N4OS. The fraction of sp³-hybridized carbons (Fsp3) is 0.550. The molecule has 2 aliphatic carbocycles. The van der Waals surface area contributed by atoms with Crippen LogP contribution >= 0.6 is 11.8 Å². The van der Waals surface area contributed by atoms with E-state index in [4.69, 9.17) is 10.1 Å². The molecule has 5 nitrogen and oxygen atoms in total. The van der Waals surface area contributed by atoms with E-state index in [0.717, 1.165) is 24.4 Å². The Morgan fingerprint density at radius 2 is 1.88 bits per heavy atom. The number of nitrogens with zero attached hydrogens (tertiary/aromatic N) is 3. The van der Waals surface area contributed by atoms with Crippen molar-refractivity contribution in [1.29, 1.82) is 0 Å². The van der Waals surface area contributed by atoms with Crippen molar-refractivity contribution in [2.45, 2.75) is 74.2 Å². The fourth-order valence-corrected chi connectivity index (χ4v) is 4.26. The first-order chi connectivity index (χ1) is 12.7. The number of carbonyl (C=O) groups excluding carboxylic acids is 1. The van der Waals surface area contributed by atoms with Crippen molar-refractivity contribution in [3.8, 4) is 5.69 Å². The lowest BCUT2D eigenvalue weighted by molar-refractivity contribution is -0.120. The van der Waals surface area contributed by atoms with Crippen molar-refractivity contribution >= 4 is 17.7 Å². The normalized spacial score (nSPS) is 19.3. The first-order valence-electron chi connectivity index (χ1n) is 9.70. The van der Waals surface area contributed by atoms with Crippen LogP contribution in [0.15, 0.2) is 35.5 Å². The third-order valence-electron chi connectivity index (χ3n) is 5.16. The largest absolute Gasteiger partial charge is 0.352 e. The Bertz CT molecular complexity index is 750. The van der Waals surface area contributed by atoms with Gasteiger partial charge in [0.15, 0.2) is 0 Å². The number of thioether (sulfide) groups is 1. The molecule has 1 unspecified atom stereocenters. The maximum atomic E-state index is 12.3. The lowest BCUT2D eigenvalue weighted by atomic mass is 9.88. The summed E-state index contributed by atoms with van der Waals surface area (Å²) in [5, 5.41) is 8.35. The zero-order valence-electron chi connectivity index (χ0n) is 15.2. The third kappa shape index (κ3) is 4.11. The van der Waals surface area contributed by atoms with Crippen LogP contribution in [0.25, 0.3) is 5.69 Å². The van der Waals surface area contributed by atoms with Crippen LogP contribution in [0.1, 0.15) is 63.6 Å². The van der Waals surface area contributed by atoms with Crippen molar-refractivity contribution in [1.82, 2.24) is 20.1 Å².